The number of benzene rings is 1. The second kappa shape index (κ2) is 5.57. The molecular weight excluding hydrogens is 290 g/mol. The number of hydrogen-bond donors (Lipinski definition) is 1. The van der Waals surface area contributed by atoms with Gasteiger partial charge in [-0.05, 0) is 37.1 Å². The molecule has 1 aromatic carbocycles. The fourth-order valence-electron chi connectivity index (χ4n) is 1.88. The number of aryl methyl sites for hydroxylation is 3. The summed E-state index contributed by atoms with van der Waals surface area (Å²) >= 11 is 3.49. The normalized spacial score (nSPS) is 10.7. The molecule has 1 aromatic heterocycles. The second-order valence-electron chi connectivity index (χ2n) is 4.42. The van der Waals surface area contributed by atoms with E-state index in [-0.39, 0.29) is 0 Å². The van der Waals surface area contributed by atoms with Crippen LogP contribution in [0, 0.1) is 6.92 Å². The Hall–Kier alpha value is -1.29. The van der Waals surface area contributed by atoms with E-state index in [4.69, 9.17) is 0 Å². The number of hydrogen-bond acceptors (Lipinski definition) is 2. The van der Waals surface area contributed by atoms with E-state index in [1.165, 1.54) is 11.3 Å². The average Bonchev–Trinajstić information content (AvgIpc) is 2.71. The molecule has 1 N–H and O–H groups in total. The van der Waals surface area contributed by atoms with Gasteiger partial charge in [-0.1, -0.05) is 28.9 Å². The van der Waals surface area contributed by atoms with Crippen LogP contribution >= 0.6 is 15.9 Å². The Labute approximate surface area is 116 Å². The van der Waals surface area contributed by atoms with Gasteiger partial charge in [0.2, 0.25) is 0 Å². The van der Waals surface area contributed by atoms with E-state index in [1.807, 2.05) is 11.7 Å². The first-order valence-corrected chi connectivity index (χ1v) is 6.91. The van der Waals surface area contributed by atoms with Crippen molar-refractivity contribution >= 4 is 21.6 Å². The molecule has 0 radical (unpaired) electrons. The van der Waals surface area contributed by atoms with Gasteiger partial charge in [0.1, 0.15) is 0 Å². The molecule has 0 atom stereocenters. The van der Waals surface area contributed by atoms with Crippen LogP contribution in [0.5, 0.6) is 0 Å². The molecule has 0 spiro atoms. The van der Waals surface area contributed by atoms with Gasteiger partial charge in [-0.25, -0.2) is 0 Å². The van der Waals surface area contributed by atoms with E-state index in [0.29, 0.717) is 0 Å². The first kappa shape index (κ1) is 13.1. The van der Waals surface area contributed by atoms with Gasteiger partial charge in [-0.2, -0.15) is 5.10 Å². The van der Waals surface area contributed by atoms with Gasteiger partial charge in [0.15, 0.2) is 0 Å². The molecule has 1 heterocycles. The Bertz CT molecular complexity index is 546. The molecule has 96 valence electrons. The molecule has 18 heavy (non-hydrogen) atoms. The highest BCUT2D eigenvalue weighted by molar-refractivity contribution is 9.10. The van der Waals surface area contributed by atoms with Crippen LogP contribution in [0.15, 0.2) is 28.7 Å². The summed E-state index contributed by atoms with van der Waals surface area (Å²) in [6, 6.07) is 8.42. The molecule has 0 aliphatic carbocycles. The molecule has 0 bridgehead atoms. The predicted molar refractivity (Wildman–Crippen MR) is 78.8 cm³/mol. The summed E-state index contributed by atoms with van der Waals surface area (Å²) in [5.41, 5.74) is 4.74. The minimum Gasteiger partial charge on any atom is -0.379 e. The van der Waals surface area contributed by atoms with Gasteiger partial charge >= 0.3 is 0 Å². The summed E-state index contributed by atoms with van der Waals surface area (Å²) in [7, 11) is 1.99. The van der Waals surface area contributed by atoms with Crippen molar-refractivity contribution in [1.82, 2.24) is 9.78 Å². The minimum absolute atomic E-state index is 0.792. The fraction of sp³-hybridized carbons (Fsp3) is 0.357. The Balaban J connectivity index is 2.11. The number of nitrogens with one attached hydrogen (secondary N) is 1. The molecule has 3 nitrogen and oxygen atoms in total. The number of rotatable bonds is 4. The van der Waals surface area contributed by atoms with Crippen LogP contribution in [0.4, 0.5) is 5.69 Å². The van der Waals surface area contributed by atoms with Crippen molar-refractivity contribution in [3.63, 3.8) is 0 Å². The highest BCUT2D eigenvalue weighted by Crippen LogP contribution is 2.21. The molecule has 0 unspecified atom stereocenters. The Morgan fingerprint density at radius 2 is 2.11 bits per heavy atom. The molecule has 4 heteroatoms. The predicted octanol–water partition coefficient (Wildman–Crippen LogP) is 3.67. The Morgan fingerprint density at radius 1 is 1.33 bits per heavy atom. The lowest BCUT2D eigenvalue weighted by Gasteiger charge is -2.10. The van der Waals surface area contributed by atoms with Crippen molar-refractivity contribution in [2.45, 2.75) is 26.8 Å². The van der Waals surface area contributed by atoms with Crippen LogP contribution in [0.3, 0.4) is 0 Å². The average molecular weight is 308 g/mol. The number of nitrogens with zero attached hydrogens (tertiary/aromatic N) is 2. The number of aromatic nitrogens is 2. The molecule has 0 saturated carbocycles. The van der Waals surface area contributed by atoms with Gasteiger partial charge in [0.25, 0.3) is 0 Å². The maximum atomic E-state index is 4.45. The van der Waals surface area contributed by atoms with Gasteiger partial charge in [0, 0.05) is 17.2 Å². The molecule has 2 rings (SSSR count). The smallest absolute Gasteiger partial charge is 0.0625 e. The van der Waals surface area contributed by atoms with E-state index in [1.54, 1.807) is 0 Å². The van der Waals surface area contributed by atoms with Crippen LogP contribution in [0.2, 0.25) is 0 Å². The van der Waals surface area contributed by atoms with E-state index in [0.717, 1.165) is 28.8 Å². The molecular formula is C14H18BrN3. The Morgan fingerprint density at radius 3 is 2.78 bits per heavy atom. The van der Waals surface area contributed by atoms with Crippen molar-refractivity contribution in [2.75, 3.05) is 5.32 Å². The highest BCUT2D eigenvalue weighted by Gasteiger charge is 2.04. The number of halogens is 1. The number of anilines is 1. The fourth-order valence-corrected chi connectivity index (χ4v) is 2.24. The van der Waals surface area contributed by atoms with Gasteiger partial charge in [-0.3, -0.25) is 4.68 Å². The van der Waals surface area contributed by atoms with Gasteiger partial charge in [-0.15, -0.1) is 0 Å². The summed E-state index contributed by atoms with van der Waals surface area (Å²) in [6.07, 6.45) is 0.976. The van der Waals surface area contributed by atoms with E-state index < -0.39 is 0 Å². The highest BCUT2D eigenvalue weighted by atomic mass is 79.9. The maximum Gasteiger partial charge on any atom is 0.0625 e. The van der Waals surface area contributed by atoms with E-state index in [9.17, 15) is 0 Å². The third-order valence-electron chi connectivity index (χ3n) is 3.05. The molecule has 0 fully saturated rings. The second-order valence-corrected chi connectivity index (χ2v) is 5.33. The standard InChI is InChI=1S/C14H18BrN3/c1-4-12-8-13(18(3)17-12)9-16-14-7-11(15)6-5-10(14)2/h5-8,16H,4,9H2,1-3H3. The van der Waals surface area contributed by atoms with Crippen LogP contribution in [-0.2, 0) is 20.0 Å². The monoisotopic (exact) mass is 307 g/mol. The molecule has 0 saturated heterocycles. The lowest BCUT2D eigenvalue weighted by Crippen LogP contribution is -2.06. The molecule has 0 amide bonds. The van der Waals surface area contributed by atoms with Crippen LogP contribution in [0.25, 0.3) is 0 Å². The molecule has 0 aliphatic heterocycles. The minimum atomic E-state index is 0.792. The summed E-state index contributed by atoms with van der Waals surface area (Å²) < 4.78 is 3.04. The lowest BCUT2D eigenvalue weighted by atomic mass is 10.2. The zero-order valence-corrected chi connectivity index (χ0v) is 12.6. The van der Waals surface area contributed by atoms with Gasteiger partial charge < -0.3 is 5.32 Å². The summed E-state index contributed by atoms with van der Waals surface area (Å²) in [5, 5.41) is 7.91. The van der Waals surface area contributed by atoms with Gasteiger partial charge in [0.05, 0.1) is 17.9 Å². The summed E-state index contributed by atoms with van der Waals surface area (Å²) in [5.74, 6) is 0. The topological polar surface area (TPSA) is 29.9 Å². The first-order valence-electron chi connectivity index (χ1n) is 6.12. The van der Waals surface area contributed by atoms with Crippen molar-refractivity contribution in [1.29, 1.82) is 0 Å². The first-order chi connectivity index (χ1) is 8.60. The van der Waals surface area contributed by atoms with Crippen molar-refractivity contribution in [3.05, 3.63) is 45.7 Å². The summed E-state index contributed by atoms with van der Waals surface area (Å²) in [4.78, 5) is 0. The third-order valence-corrected chi connectivity index (χ3v) is 3.54. The zero-order chi connectivity index (χ0) is 13.1. The Kier molecular flexibility index (Phi) is 4.07. The van der Waals surface area contributed by atoms with Crippen molar-refractivity contribution in [2.24, 2.45) is 7.05 Å². The molecule has 2 aromatic rings. The lowest BCUT2D eigenvalue weighted by molar-refractivity contribution is 0.707. The quantitative estimate of drug-likeness (QED) is 0.934. The van der Waals surface area contributed by atoms with E-state index >= 15 is 0 Å². The third kappa shape index (κ3) is 2.93. The zero-order valence-electron chi connectivity index (χ0n) is 11.0. The van der Waals surface area contributed by atoms with Crippen LogP contribution < -0.4 is 5.32 Å². The van der Waals surface area contributed by atoms with Crippen molar-refractivity contribution in [3.8, 4) is 0 Å². The SMILES string of the molecule is CCc1cc(CNc2cc(Br)ccc2C)n(C)n1. The van der Waals surface area contributed by atoms with Crippen LogP contribution in [0.1, 0.15) is 23.9 Å². The van der Waals surface area contributed by atoms with Crippen molar-refractivity contribution < 1.29 is 0 Å². The van der Waals surface area contributed by atoms with E-state index in [2.05, 4.69) is 64.5 Å². The van der Waals surface area contributed by atoms with Crippen LogP contribution in [-0.4, -0.2) is 9.78 Å². The molecule has 0 aliphatic rings. The maximum absolute atomic E-state index is 4.45. The summed E-state index contributed by atoms with van der Waals surface area (Å²) in [6.45, 7) is 5.02. The largest absolute Gasteiger partial charge is 0.379 e.